The Morgan fingerprint density at radius 2 is 2.12 bits per heavy atom. The first-order chi connectivity index (χ1) is 12.3. The summed E-state index contributed by atoms with van der Waals surface area (Å²) in [7, 11) is 1.67. The van der Waals surface area contributed by atoms with Crippen molar-refractivity contribution < 1.29 is 4.74 Å². The highest BCUT2D eigenvalue weighted by molar-refractivity contribution is 5.78. The minimum absolute atomic E-state index is 0.0438. The van der Waals surface area contributed by atoms with Gasteiger partial charge < -0.3 is 9.30 Å². The van der Waals surface area contributed by atoms with Crippen LogP contribution < -0.4 is 5.56 Å². The Hall–Kier alpha value is -2.28. The molecule has 0 N–H and O–H groups in total. The summed E-state index contributed by atoms with van der Waals surface area (Å²) in [6.45, 7) is 1.26. The number of aromatic nitrogens is 5. The van der Waals surface area contributed by atoms with E-state index in [-0.39, 0.29) is 5.56 Å². The van der Waals surface area contributed by atoms with Gasteiger partial charge in [-0.05, 0) is 25.3 Å². The van der Waals surface area contributed by atoms with Crippen molar-refractivity contribution >= 4 is 16.7 Å². The Labute approximate surface area is 145 Å². The molecule has 3 heterocycles. The van der Waals surface area contributed by atoms with Gasteiger partial charge in [0.25, 0.3) is 11.3 Å². The number of methoxy groups -OCH3 is 1. The van der Waals surface area contributed by atoms with Crippen LogP contribution in [0.1, 0.15) is 50.3 Å². The van der Waals surface area contributed by atoms with Crippen LogP contribution in [0.2, 0.25) is 0 Å². The molecule has 7 heteroatoms. The van der Waals surface area contributed by atoms with Gasteiger partial charge in [0.2, 0.25) is 0 Å². The van der Waals surface area contributed by atoms with Crippen molar-refractivity contribution in [1.82, 2.24) is 24.1 Å². The molecule has 3 aromatic rings. The van der Waals surface area contributed by atoms with Crippen molar-refractivity contribution in [1.29, 1.82) is 0 Å². The fraction of sp³-hybridized carbons (Fsp3) is 0.556. The maximum absolute atomic E-state index is 12.7. The Morgan fingerprint density at radius 3 is 2.92 bits per heavy atom. The third-order valence-electron chi connectivity index (χ3n) is 5.04. The molecule has 0 bridgehead atoms. The summed E-state index contributed by atoms with van der Waals surface area (Å²) >= 11 is 0. The second kappa shape index (κ2) is 6.92. The number of hydrogen-bond acceptors (Lipinski definition) is 5. The SMILES string of the molecule is COCCCn1ccc2c(cnc3nc(C4CCCCC4)nn32)c1=O. The molecule has 0 saturated heterocycles. The second-order valence-corrected chi connectivity index (χ2v) is 6.73. The minimum atomic E-state index is -0.0438. The van der Waals surface area contributed by atoms with Crippen LogP contribution in [-0.4, -0.2) is 37.9 Å². The number of rotatable bonds is 5. The standard InChI is InChI=1S/C18H23N5O2/c1-25-11-5-9-22-10-8-15-14(17(22)24)12-19-18-20-16(21-23(15)18)13-6-3-2-4-7-13/h8,10,12-13H,2-7,9,11H2,1H3. The highest BCUT2D eigenvalue weighted by Crippen LogP contribution is 2.31. The summed E-state index contributed by atoms with van der Waals surface area (Å²) in [4.78, 5) is 21.7. The van der Waals surface area contributed by atoms with Crippen LogP contribution in [0.4, 0.5) is 0 Å². The van der Waals surface area contributed by atoms with Gasteiger partial charge >= 0.3 is 0 Å². The maximum Gasteiger partial charge on any atom is 0.261 e. The average Bonchev–Trinajstić information content (AvgIpc) is 3.09. The number of ether oxygens (including phenoxy) is 1. The molecule has 1 saturated carbocycles. The molecular weight excluding hydrogens is 318 g/mol. The lowest BCUT2D eigenvalue weighted by Gasteiger charge is -2.17. The summed E-state index contributed by atoms with van der Waals surface area (Å²) in [6, 6.07) is 1.93. The van der Waals surface area contributed by atoms with Gasteiger partial charge in [0.15, 0.2) is 5.82 Å². The molecule has 0 aromatic carbocycles. The lowest BCUT2D eigenvalue weighted by atomic mass is 9.89. The Kier molecular flexibility index (Phi) is 4.48. The van der Waals surface area contributed by atoms with Crippen LogP contribution in [-0.2, 0) is 11.3 Å². The molecule has 3 aromatic heterocycles. The summed E-state index contributed by atoms with van der Waals surface area (Å²) in [5, 5.41) is 5.26. The zero-order valence-corrected chi connectivity index (χ0v) is 14.5. The quantitative estimate of drug-likeness (QED) is 0.667. The van der Waals surface area contributed by atoms with Crippen LogP contribution in [0, 0.1) is 0 Å². The fourth-order valence-electron chi connectivity index (χ4n) is 3.66. The molecule has 1 aliphatic carbocycles. The van der Waals surface area contributed by atoms with E-state index in [1.807, 2.05) is 12.3 Å². The van der Waals surface area contributed by atoms with Gasteiger partial charge in [-0.1, -0.05) is 19.3 Å². The molecule has 0 spiro atoms. The van der Waals surface area contributed by atoms with Gasteiger partial charge in [0.05, 0.1) is 10.9 Å². The van der Waals surface area contributed by atoms with E-state index in [0.29, 0.717) is 30.2 Å². The van der Waals surface area contributed by atoms with E-state index in [1.54, 1.807) is 22.4 Å². The lowest BCUT2D eigenvalue weighted by Crippen LogP contribution is -2.21. The van der Waals surface area contributed by atoms with Crippen molar-refractivity contribution in [3.8, 4) is 0 Å². The van der Waals surface area contributed by atoms with Gasteiger partial charge in [-0.25, -0.2) is 4.98 Å². The number of nitrogens with zero attached hydrogens (tertiary/aromatic N) is 5. The number of aryl methyl sites for hydroxylation is 1. The van der Waals surface area contributed by atoms with Crippen molar-refractivity contribution in [3.05, 3.63) is 34.6 Å². The first-order valence-electron chi connectivity index (χ1n) is 9.01. The van der Waals surface area contributed by atoms with Crippen molar-refractivity contribution in [3.63, 3.8) is 0 Å². The summed E-state index contributed by atoms with van der Waals surface area (Å²) in [6.07, 6.45) is 10.3. The van der Waals surface area contributed by atoms with Gasteiger partial charge in [-0.15, -0.1) is 5.10 Å². The predicted octanol–water partition coefficient (Wildman–Crippen LogP) is 2.52. The first kappa shape index (κ1) is 16.2. The van der Waals surface area contributed by atoms with E-state index in [2.05, 4.69) is 15.1 Å². The lowest BCUT2D eigenvalue weighted by molar-refractivity contribution is 0.190. The molecule has 7 nitrogen and oxygen atoms in total. The molecule has 0 unspecified atom stereocenters. The molecule has 0 atom stereocenters. The van der Waals surface area contributed by atoms with Crippen LogP contribution in [0.15, 0.2) is 23.3 Å². The third kappa shape index (κ3) is 3.04. The van der Waals surface area contributed by atoms with Crippen LogP contribution >= 0.6 is 0 Å². The molecular formula is C18H23N5O2. The maximum atomic E-state index is 12.7. The van der Waals surface area contributed by atoms with Gasteiger partial charge in [-0.2, -0.15) is 9.50 Å². The van der Waals surface area contributed by atoms with Crippen molar-refractivity contribution in [2.24, 2.45) is 0 Å². The van der Waals surface area contributed by atoms with Crippen LogP contribution in [0.25, 0.3) is 16.7 Å². The Morgan fingerprint density at radius 1 is 1.28 bits per heavy atom. The molecule has 25 heavy (non-hydrogen) atoms. The van der Waals surface area contributed by atoms with E-state index < -0.39 is 0 Å². The third-order valence-corrected chi connectivity index (χ3v) is 5.04. The minimum Gasteiger partial charge on any atom is -0.385 e. The van der Waals surface area contributed by atoms with E-state index in [0.717, 1.165) is 30.6 Å². The normalized spacial score (nSPS) is 16.0. The van der Waals surface area contributed by atoms with E-state index in [1.165, 1.54) is 19.3 Å². The Bertz CT molecular complexity index is 940. The smallest absolute Gasteiger partial charge is 0.261 e. The van der Waals surface area contributed by atoms with Crippen LogP contribution in [0.3, 0.4) is 0 Å². The van der Waals surface area contributed by atoms with E-state index in [9.17, 15) is 4.79 Å². The largest absolute Gasteiger partial charge is 0.385 e. The molecule has 132 valence electrons. The molecule has 4 rings (SSSR count). The van der Waals surface area contributed by atoms with Gasteiger partial charge in [0.1, 0.15) is 0 Å². The summed E-state index contributed by atoms with van der Waals surface area (Å²) in [5.74, 6) is 1.86. The number of fused-ring (bicyclic) bond motifs is 3. The van der Waals surface area contributed by atoms with E-state index in [4.69, 9.17) is 4.74 Å². The van der Waals surface area contributed by atoms with E-state index >= 15 is 0 Å². The highest BCUT2D eigenvalue weighted by Gasteiger charge is 2.21. The predicted molar refractivity (Wildman–Crippen MR) is 94.9 cm³/mol. The van der Waals surface area contributed by atoms with Crippen molar-refractivity contribution in [2.75, 3.05) is 13.7 Å². The fourth-order valence-corrected chi connectivity index (χ4v) is 3.66. The monoisotopic (exact) mass is 341 g/mol. The second-order valence-electron chi connectivity index (χ2n) is 6.73. The topological polar surface area (TPSA) is 74.3 Å². The number of pyridine rings is 1. The molecule has 0 radical (unpaired) electrons. The number of hydrogen-bond donors (Lipinski definition) is 0. The van der Waals surface area contributed by atoms with Gasteiger partial charge in [-0.3, -0.25) is 4.79 Å². The molecule has 1 aliphatic rings. The molecule has 0 amide bonds. The zero-order chi connectivity index (χ0) is 17.2. The summed E-state index contributed by atoms with van der Waals surface area (Å²) in [5.41, 5.74) is 0.727. The Balaban J connectivity index is 1.74. The molecule has 0 aliphatic heterocycles. The zero-order valence-electron chi connectivity index (χ0n) is 14.5. The molecule has 1 fully saturated rings. The first-order valence-corrected chi connectivity index (χ1v) is 9.01. The van der Waals surface area contributed by atoms with Crippen molar-refractivity contribution in [2.45, 2.75) is 51.0 Å². The van der Waals surface area contributed by atoms with Gasteiger partial charge in [0, 0.05) is 38.6 Å². The summed E-state index contributed by atoms with van der Waals surface area (Å²) < 4.78 is 8.48. The average molecular weight is 341 g/mol. The highest BCUT2D eigenvalue weighted by atomic mass is 16.5. The van der Waals surface area contributed by atoms with Crippen LogP contribution in [0.5, 0.6) is 0 Å².